The third-order valence-corrected chi connectivity index (χ3v) is 2.38. The largest absolute Gasteiger partial charge is 0.303 e. The highest BCUT2D eigenvalue weighted by atomic mass is 16.1. The zero-order chi connectivity index (χ0) is 10.6. The minimum atomic E-state index is 0.186. The van der Waals surface area contributed by atoms with Crippen LogP contribution in [0.3, 0.4) is 0 Å². The van der Waals surface area contributed by atoms with Crippen molar-refractivity contribution in [2.45, 2.75) is 58.8 Å². The molecule has 14 heavy (non-hydrogen) atoms. The lowest BCUT2D eigenvalue weighted by atomic mass is 10.1. The van der Waals surface area contributed by atoms with Gasteiger partial charge in [0.05, 0.1) is 0 Å². The second kappa shape index (κ2) is 10.5. The highest BCUT2D eigenvalue weighted by Gasteiger charge is 1.93. The maximum atomic E-state index is 10.3. The van der Waals surface area contributed by atoms with Crippen LogP contribution in [0, 0.1) is 5.92 Å². The molecule has 0 aromatic heterocycles. The second-order valence-corrected chi connectivity index (χ2v) is 4.02. The van der Waals surface area contributed by atoms with E-state index in [9.17, 15) is 4.79 Å². The number of hydrogen-bond donors (Lipinski definition) is 0. The molecule has 0 aliphatic carbocycles. The fraction of sp³-hybridized carbons (Fsp3) is 0.769. The van der Waals surface area contributed by atoms with E-state index >= 15 is 0 Å². The van der Waals surface area contributed by atoms with Crippen molar-refractivity contribution < 1.29 is 4.79 Å². The van der Waals surface area contributed by atoms with Gasteiger partial charge in [0.15, 0.2) is 0 Å². The van der Waals surface area contributed by atoms with Gasteiger partial charge in [0.2, 0.25) is 0 Å². The van der Waals surface area contributed by atoms with Crippen LogP contribution >= 0.6 is 0 Å². The Morgan fingerprint density at radius 1 is 1.07 bits per heavy atom. The van der Waals surface area contributed by atoms with Gasteiger partial charge < -0.3 is 4.79 Å². The molecule has 0 aliphatic rings. The van der Waals surface area contributed by atoms with Gasteiger partial charge in [0.1, 0.15) is 6.29 Å². The van der Waals surface area contributed by atoms with Crippen molar-refractivity contribution in [3.8, 4) is 0 Å². The molecule has 0 N–H and O–H groups in total. The normalized spacial score (nSPS) is 13.3. The molecule has 1 unspecified atom stereocenters. The van der Waals surface area contributed by atoms with Gasteiger partial charge in [-0.3, -0.25) is 0 Å². The molecule has 1 nitrogen and oxygen atoms in total. The molecule has 0 aromatic rings. The van der Waals surface area contributed by atoms with Crippen molar-refractivity contribution in [1.82, 2.24) is 0 Å². The quantitative estimate of drug-likeness (QED) is 0.308. The first-order valence-electron chi connectivity index (χ1n) is 5.91. The third kappa shape index (κ3) is 9.50. The lowest BCUT2D eigenvalue weighted by Gasteiger charge is -1.97. The Labute approximate surface area is 88.6 Å². The summed E-state index contributed by atoms with van der Waals surface area (Å²) in [5.74, 6) is 0.186. The zero-order valence-corrected chi connectivity index (χ0v) is 9.67. The Balaban J connectivity index is 3.14. The summed E-state index contributed by atoms with van der Waals surface area (Å²) < 4.78 is 0. The number of allylic oxidation sites excluding steroid dienone is 2. The van der Waals surface area contributed by atoms with Gasteiger partial charge in [-0.25, -0.2) is 0 Å². The van der Waals surface area contributed by atoms with E-state index in [2.05, 4.69) is 19.1 Å². The van der Waals surface area contributed by atoms with E-state index in [1.165, 1.54) is 38.5 Å². The molecule has 0 aliphatic heterocycles. The van der Waals surface area contributed by atoms with Gasteiger partial charge in [0, 0.05) is 5.92 Å². The van der Waals surface area contributed by atoms with Crippen molar-refractivity contribution in [1.29, 1.82) is 0 Å². The van der Waals surface area contributed by atoms with E-state index in [1.807, 2.05) is 6.92 Å². The molecule has 0 radical (unpaired) electrons. The van der Waals surface area contributed by atoms with E-state index in [-0.39, 0.29) is 5.92 Å². The Hall–Kier alpha value is -0.590. The summed E-state index contributed by atoms with van der Waals surface area (Å²) in [4.78, 5) is 10.3. The van der Waals surface area contributed by atoms with Crippen LogP contribution in [0.15, 0.2) is 12.2 Å². The highest BCUT2D eigenvalue weighted by molar-refractivity contribution is 5.52. The average molecular weight is 196 g/mol. The highest BCUT2D eigenvalue weighted by Crippen LogP contribution is 2.06. The van der Waals surface area contributed by atoms with Crippen LogP contribution in [0.2, 0.25) is 0 Å². The summed E-state index contributed by atoms with van der Waals surface area (Å²) in [5, 5.41) is 0. The molecule has 82 valence electrons. The number of aldehydes is 1. The minimum absolute atomic E-state index is 0.186. The molecule has 1 atom stereocenters. The van der Waals surface area contributed by atoms with E-state index in [0.29, 0.717) is 0 Å². The van der Waals surface area contributed by atoms with Gasteiger partial charge >= 0.3 is 0 Å². The Morgan fingerprint density at radius 3 is 2.43 bits per heavy atom. The molecule has 0 aromatic carbocycles. The Morgan fingerprint density at radius 2 is 1.79 bits per heavy atom. The predicted octanol–water partition coefficient (Wildman–Crippen LogP) is 4.13. The van der Waals surface area contributed by atoms with Crippen LogP contribution in [-0.4, -0.2) is 6.29 Å². The summed E-state index contributed by atoms with van der Waals surface area (Å²) in [6.07, 6.45) is 14.1. The Kier molecular flexibility index (Phi) is 10.0. The van der Waals surface area contributed by atoms with E-state index in [1.54, 1.807) is 0 Å². The number of rotatable bonds is 9. The third-order valence-electron chi connectivity index (χ3n) is 2.38. The number of hydrogen-bond acceptors (Lipinski definition) is 1. The van der Waals surface area contributed by atoms with Crippen molar-refractivity contribution in [2.24, 2.45) is 5.92 Å². The summed E-state index contributed by atoms with van der Waals surface area (Å²) in [5.41, 5.74) is 0. The zero-order valence-electron chi connectivity index (χ0n) is 9.67. The fourth-order valence-corrected chi connectivity index (χ4v) is 1.35. The van der Waals surface area contributed by atoms with Crippen molar-refractivity contribution in [2.75, 3.05) is 0 Å². The topological polar surface area (TPSA) is 17.1 Å². The van der Waals surface area contributed by atoms with Gasteiger partial charge in [-0.15, -0.1) is 0 Å². The lowest BCUT2D eigenvalue weighted by Crippen LogP contribution is -1.91. The monoisotopic (exact) mass is 196 g/mol. The maximum absolute atomic E-state index is 10.3. The summed E-state index contributed by atoms with van der Waals surface area (Å²) in [6.45, 7) is 4.19. The van der Waals surface area contributed by atoms with Crippen LogP contribution < -0.4 is 0 Å². The molecule has 0 saturated carbocycles. The lowest BCUT2D eigenvalue weighted by molar-refractivity contribution is -0.110. The smallest absolute Gasteiger partial charge is 0.123 e. The van der Waals surface area contributed by atoms with Gasteiger partial charge in [-0.05, 0) is 19.3 Å². The minimum Gasteiger partial charge on any atom is -0.303 e. The molecule has 0 spiro atoms. The molecule has 0 rings (SSSR count). The first kappa shape index (κ1) is 13.4. The maximum Gasteiger partial charge on any atom is 0.123 e. The SMILES string of the molecule is CCCCCCCC=CCC(C)C=O. The molecule has 0 heterocycles. The van der Waals surface area contributed by atoms with Crippen LogP contribution in [0.1, 0.15) is 58.8 Å². The molecule has 0 bridgehead atoms. The summed E-state index contributed by atoms with van der Waals surface area (Å²) in [6, 6.07) is 0. The summed E-state index contributed by atoms with van der Waals surface area (Å²) in [7, 11) is 0. The average Bonchev–Trinajstić information content (AvgIpc) is 2.21. The first-order chi connectivity index (χ1) is 6.81. The van der Waals surface area contributed by atoms with Gasteiger partial charge in [-0.1, -0.05) is 51.7 Å². The van der Waals surface area contributed by atoms with Crippen molar-refractivity contribution in [3.05, 3.63) is 12.2 Å². The molecular weight excluding hydrogens is 172 g/mol. The standard InChI is InChI=1S/C13H24O/c1-3-4-5-6-7-8-9-10-11-13(2)12-14/h9-10,12-13H,3-8,11H2,1-2H3. The van der Waals surface area contributed by atoms with E-state index < -0.39 is 0 Å². The van der Waals surface area contributed by atoms with Crippen LogP contribution in [0.25, 0.3) is 0 Å². The van der Waals surface area contributed by atoms with Crippen molar-refractivity contribution >= 4 is 6.29 Å². The van der Waals surface area contributed by atoms with Gasteiger partial charge in [0.25, 0.3) is 0 Å². The van der Waals surface area contributed by atoms with Crippen LogP contribution in [-0.2, 0) is 4.79 Å². The second-order valence-electron chi connectivity index (χ2n) is 4.02. The number of unbranched alkanes of at least 4 members (excludes halogenated alkanes) is 5. The number of carbonyl (C=O) groups excluding carboxylic acids is 1. The predicted molar refractivity (Wildman–Crippen MR) is 62.4 cm³/mol. The van der Waals surface area contributed by atoms with Crippen LogP contribution in [0.4, 0.5) is 0 Å². The van der Waals surface area contributed by atoms with Crippen LogP contribution in [0.5, 0.6) is 0 Å². The molecule has 1 heteroatoms. The Bertz CT molecular complexity index is 149. The molecule has 0 saturated heterocycles. The molecular formula is C13H24O. The van der Waals surface area contributed by atoms with Gasteiger partial charge in [-0.2, -0.15) is 0 Å². The van der Waals surface area contributed by atoms with Crippen molar-refractivity contribution in [3.63, 3.8) is 0 Å². The van der Waals surface area contributed by atoms with E-state index in [0.717, 1.165) is 12.7 Å². The first-order valence-corrected chi connectivity index (χ1v) is 5.91. The number of carbonyl (C=O) groups is 1. The fourth-order valence-electron chi connectivity index (χ4n) is 1.35. The molecule has 0 amide bonds. The van der Waals surface area contributed by atoms with E-state index in [4.69, 9.17) is 0 Å². The summed E-state index contributed by atoms with van der Waals surface area (Å²) >= 11 is 0. The molecule has 0 fully saturated rings.